The summed E-state index contributed by atoms with van der Waals surface area (Å²) >= 11 is 0. The van der Waals surface area contributed by atoms with Gasteiger partial charge in [-0.15, -0.1) is 0 Å². The molecule has 1 atom stereocenters. The lowest BCUT2D eigenvalue weighted by atomic mass is 9.71. The van der Waals surface area contributed by atoms with Gasteiger partial charge in [0.1, 0.15) is 0 Å². The second kappa shape index (κ2) is 8.10. The Bertz CT molecular complexity index is 898. The van der Waals surface area contributed by atoms with Gasteiger partial charge in [0, 0.05) is 33.1 Å². The fourth-order valence-corrected chi connectivity index (χ4v) is 5.13. The number of carbonyl (C=O) groups excluding carboxylic acids is 1. The van der Waals surface area contributed by atoms with Gasteiger partial charge in [0.15, 0.2) is 0 Å². The number of halogens is 2. The average molecular weight is 417 g/mol. The quantitative estimate of drug-likeness (QED) is 0.750. The Kier molecular flexibility index (Phi) is 5.66. The first-order valence-corrected chi connectivity index (χ1v) is 10.7. The molecule has 1 aromatic carbocycles. The lowest BCUT2D eigenvalue weighted by Crippen LogP contribution is -2.61. The molecule has 0 N–H and O–H groups in total. The fraction of sp³-hybridized carbons (Fsp3) is 0.565. The van der Waals surface area contributed by atoms with Crippen LogP contribution in [0.4, 0.5) is 8.78 Å². The molecule has 2 aliphatic heterocycles. The number of piperidine rings is 2. The third-order valence-electron chi connectivity index (χ3n) is 6.41. The first kappa shape index (κ1) is 21.0. The maximum Gasteiger partial charge on any atom is 0.261 e. The highest BCUT2D eigenvalue weighted by atomic mass is 19.3. The van der Waals surface area contributed by atoms with Crippen molar-refractivity contribution in [2.24, 2.45) is 12.5 Å². The molecule has 1 aromatic heterocycles. The Morgan fingerprint density at radius 1 is 1.17 bits per heavy atom. The van der Waals surface area contributed by atoms with Crippen molar-refractivity contribution in [3.05, 3.63) is 53.3 Å². The zero-order chi connectivity index (χ0) is 21.4. The SMILES string of the molecule is Cc1cc(CN2CCC[C@@]3(CN(CCc4ccccc4)CC(F)(F)C3)C2=O)n(C)n1. The average Bonchev–Trinajstić information content (AvgIpc) is 3.00. The third kappa shape index (κ3) is 4.41. The molecule has 7 heteroatoms. The van der Waals surface area contributed by atoms with Gasteiger partial charge in [-0.05, 0) is 37.8 Å². The van der Waals surface area contributed by atoms with Crippen molar-refractivity contribution in [1.82, 2.24) is 19.6 Å². The summed E-state index contributed by atoms with van der Waals surface area (Å²) in [6.45, 7) is 3.63. The van der Waals surface area contributed by atoms with Crippen molar-refractivity contribution in [1.29, 1.82) is 0 Å². The molecule has 162 valence electrons. The van der Waals surface area contributed by atoms with Crippen LogP contribution >= 0.6 is 0 Å². The molecule has 0 aliphatic carbocycles. The van der Waals surface area contributed by atoms with Crippen LogP contribution in [0.25, 0.3) is 0 Å². The molecule has 0 saturated carbocycles. The number of benzene rings is 1. The van der Waals surface area contributed by atoms with Crippen molar-refractivity contribution < 1.29 is 13.6 Å². The minimum absolute atomic E-state index is 0.128. The maximum atomic E-state index is 14.8. The highest BCUT2D eigenvalue weighted by Gasteiger charge is 2.55. The van der Waals surface area contributed by atoms with E-state index in [1.807, 2.05) is 50.4 Å². The number of rotatable bonds is 5. The lowest BCUT2D eigenvalue weighted by Gasteiger charge is -2.49. The summed E-state index contributed by atoms with van der Waals surface area (Å²) in [5, 5.41) is 4.34. The van der Waals surface area contributed by atoms with Crippen molar-refractivity contribution in [3.8, 4) is 0 Å². The van der Waals surface area contributed by atoms with E-state index < -0.39 is 11.3 Å². The minimum atomic E-state index is -2.85. The van der Waals surface area contributed by atoms with Crippen molar-refractivity contribution >= 4 is 5.91 Å². The summed E-state index contributed by atoms with van der Waals surface area (Å²) in [6, 6.07) is 11.9. The van der Waals surface area contributed by atoms with E-state index in [1.165, 1.54) is 0 Å². The van der Waals surface area contributed by atoms with E-state index in [0.29, 0.717) is 39.0 Å². The molecule has 0 unspecified atom stereocenters. The monoisotopic (exact) mass is 416 g/mol. The lowest BCUT2D eigenvalue weighted by molar-refractivity contribution is -0.170. The number of aromatic nitrogens is 2. The van der Waals surface area contributed by atoms with Crippen LogP contribution in [-0.4, -0.2) is 57.6 Å². The summed E-state index contributed by atoms with van der Waals surface area (Å²) < 4.78 is 31.3. The van der Waals surface area contributed by atoms with Crippen LogP contribution < -0.4 is 0 Å². The van der Waals surface area contributed by atoms with E-state index in [-0.39, 0.29) is 18.9 Å². The molecule has 2 fully saturated rings. The number of hydrogen-bond acceptors (Lipinski definition) is 3. The van der Waals surface area contributed by atoms with Crippen LogP contribution in [-0.2, 0) is 24.8 Å². The number of nitrogens with zero attached hydrogens (tertiary/aromatic N) is 4. The van der Waals surface area contributed by atoms with Crippen LogP contribution in [0, 0.1) is 12.3 Å². The Morgan fingerprint density at radius 2 is 1.93 bits per heavy atom. The van der Waals surface area contributed by atoms with Gasteiger partial charge in [-0.3, -0.25) is 14.4 Å². The molecule has 5 nitrogen and oxygen atoms in total. The Balaban J connectivity index is 1.50. The molecule has 4 rings (SSSR count). The van der Waals surface area contributed by atoms with Crippen LogP contribution in [0.2, 0.25) is 0 Å². The predicted octanol–water partition coefficient (Wildman–Crippen LogP) is 3.42. The summed E-state index contributed by atoms with van der Waals surface area (Å²) in [4.78, 5) is 17.0. The number of amides is 1. The van der Waals surface area contributed by atoms with Gasteiger partial charge in [-0.25, -0.2) is 8.78 Å². The zero-order valence-electron chi connectivity index (χ0n) is 17.8. The van der Waals surface area contributed by atoms with Crippen LogP contribution in [0.3, 0.4) is 0 Å². The molecule has 1 amide bonds. The zero-order valence-corrected chi connectivity index (χ0v) is 17.8. The molecule has 0 bridgehead atoms. The van der Waals surface area contributed by atoms with E-state index in [0.717, 1.165) is 23.4 Å². The van der Waals surface area contributed by atoms with Gasteiger partial charge in [-0.1, -0.05) is 30.3 Å². The fourth-order valence-electron chi connectivity index (χ4n) is 5.13. The molecule has 1 spiro atoms. The minimum Gasteiger partial charge on any atom is -0.336 e. The second-order valence-electron chi connectivity index (χ2n) is 8.99. The van der Waals surface area contributed by atoms with Gasteiger partial charge < -0.3 is 4.90 Å². The van der Waals surface area contributed by atoms with Crippen molar-refractivity contribution in [3.63, 3.8) is 0 Å². The topological polar surface area (TPSA) is 41.4 Å². The van der Waals surface area contributed by atoms with Gasteiger partial charge in [0.2, 0.25) is 5.91 Å². The van der Waals surface area contributed by atoms with E-state index in [9.17, 15) is 13.6 Å². The van der Waals surface area contributed by atoms with E-state index in [4.69, 9.17) is 0 Å². The van der Waals surface area contributed by atoms with Crippen molar-refractivity contribution in [2.75, 3.05) is 26.2 Å². The number of hydrogen-bond donors (Lipinski definition) is 0. The van der Waals surface area contributed by atoms with E-state index in [1.54, 1.807) is 14.5 Å². The first-order chi connectivity index (χ1) is 14.3. The third-order valence-corrected chi connectivity index (χ3v) is 6.41. The molecule has 2 saturated heterocycles. The summed E-state index contributed by atoms with van der Waals surface area (Å²) in [5.41, 5.74) is 1.96. The first-order valence-electron chi connectivity index (χ1n) is 10.7. The number of carbonyl (C=O) groups is 1. The van der Waals surface area contributed by atoms with Gasteiger partial charge in [-0.2, -0.15) is 5.10 Å². The molecule has 2 aliphatic rings. The Morgan fingerprint density at radius 3 is 2.63 bits per heavy atom. The highest BCUT2D eigenvalue weighted by Crippen LogP contribution is 2.45. The number of aryl methyl sites for hydroxylation is 2. The molecule has 0 radical (unpaired) electrons. The van der Waals surface area contributed by atoms with E-state index >= 15 is 0 Å². The number of likely N-dealkylation sites (tertiary alicyclic amines) is 2. The molecular weight excluding hydrogens is 386 g/mol. The largest absolute Gasteiger partial charge is 0.336 e. The summed E-state index contributed by atoms with van der Waals surface area (Å²) in [6.07, 6.45) is 1.65. The van der Waals surface area contributed by atoms with Gasteiger partial charge in [0.05, 0.1) is 29.9 Å². The Labute approximate surface area is 176 Å². The van der Waals surface area contributed by atoms with Crippen LogP contribution in [0.15, 0.2) is 36.4 Å². The summed E-state index contributed by atoms with van der Waals surface area (Å²) in [7, 11) is 1.85. The predicted molar refractivity (Wildman–Crippen MR) is 111 cm³/mol. The molecule has 30 heavy (non-hydrogen) atoms. The van der Waals surface area contributed by atoms with Gasteiger partial charge in [0.25, 0.3) is 5.92 Å². The molecule has 2 aromatic rings. The maximum absolute atomic E-state index is 14.8. The molecule has 3 heterocycles. The van der Waals surface area contributed by atoms with Crippen LogP contribution in [0.1, 0.15) is 36.2 Å². The highest BCUT2D eigenvalue weighted by molar-refractivity contribution is 5.84. The molecular formula is C23H30F2N4O. The normalized spacial score (nSPS) is 24.5. The van der Waals surface area contributed by atoms with Crippen molar-refractivity contribution in [2.45, 2.75) is 45.1 Å². The summed E-state index contributed by atoms with van der Waals surface area (Å²) in [5.74, 6) is -2.98. The smallest absolute Gasteiger partial charge is 0.261 e. The standard InChI is InChI=1S/C23H30F2N4O/c1-18-13-20(27(2)26-18)14-29-11-6-10-22(21(29)30)15-23(24,25)17-28(16-22)12-9-19-7-4-3-5-8-19/h3-5,7-8,13H,6,9-12,14-17H2,1-2H3/t22-/m1/s1. The van der Waals surface area contributed by atoms with Gasteiger partial charge >= 0.3 is 0 Å². The van der Waals surface area contributed by atoms with Crippen LogP contribution in [0.5, 0.6) is 0 Å². The Hall–Kier alpha value is -2.28. The number of alkyl halides is 2. The van der Waals surface area contributed by atoms with E-state index in [2.05, 4.69) is 5.10 Å². The second-order valence-corrected chi connectivity index (χ2v) is 8.99.